The number of nitrogens with two attached hydrogens (primary N) is 4. The second-order valence-corrected chi connectivity index (χ2v) is 15.2. The van der Waals surface area contributed by atoms with Crippen molar-refractivity contribution in [2.75, 3.05) is 57.4 Å². The van der Waals surface area contributed by atoms with Gasteiger partial charge in [-0.25, -0.2) is 9.97 Å². The SMILES string of the molecule is NC(=O)[C@H](CCc1ccc2cc(CCCCN=C(N)NC(=O)c3nc(Cl)c(N)nc3N)ccc2c1)NCCCN(C[C@H](O)C[C@H](O)[C@H](O)CO)C[C@H](O)C[C@H](O)[C@H](O)CO. The number of nitrogen functional groups attached to an aromatic ring is 2. The molecule has 0 aliphatic rings. The van der Waals surface area contributed by atoms with Crippen molar-refractivity contribution in [3.05, 3.63) is 58.4 Å². The lowest BCUT2D eigenvalue weighted by atomic mass is 9.98. The number of halogens is 1. The molecule has 2 aromatic carbocycles. The number of nitrogens with zero attached hydrogens (tertiary/aromatic N) is 4. The van der Waals surface area contributed by atoms with Crippen LogP contribution in [0.15, 0.2) is 41.4 Å². The number of rotatable bonds is 27. The molecule has 1 heterocycles. The molecule has 3 aromatic rings. The fraction of sp³-hybridized carbons (Fsp3) is 0.564. The first-order valence-electron chi connectivity index (χ1n) is 19.8. The van der Waals surface area contributed by atoms with Crippen molar-refractivity contribution in [3.63, 3.8) is 0 Å². The number of hydrogen-bond donors (Lipinski definition) is 14. The molecule has 0 saturated carbocycles. The standard InChI is InChI=1S/C39H61ClN10O10/c40-34-36(42)48-35(41)33(47-34)38(60)49-39(44)46-11-2-1-4-22-5-8-25-15-23(6-9-24(25)14-22)7-10-28(37(43)59)45-12-3-13-50(18-26(53)16-29(55)31(57)20-51)19-27(54)17-30(56)32(58)21-52/h5-6,8-9,14-15,26-32,45,51-58H,1-4,7,10-13,16-21H2,(H2,43,59)(H4,41,42,48)(H3,44,46,49,60)/t26-,27-,28+,29+,30+,31-,32-/m1/s1. The van der Waals surface area contributed by atoms with E-state index in [0.29, 0.717) is 45.3 Å². The summed E-state index contributed by atoms with van der Waals surface area (Å²) >= 11 is 5.83. The predicted molar refractivity (Wildman–Crippen MR) is 227 cm³/mol. The molecule has 60 heavy (non-hydrogen) atoms. The van der Waals surface area contributed by atoms with Gasteiger partial charge in [0.15, 0.2) is 28.4 Å². The summed E-state index contributed by atoms with van der Waals surface area (Å²) in [6, 6.07) is 11.7. The number of hydrogen-bond acceptors (Lipinski definition) is 17. The van der Waals surface area contributed by atoms with Crippen molar-refractivity contribution >= 4 is 51.8 Å². The molecule has 18 N–H and O–H groups in total. The van der Waals surface area contributed by atoms with Crippen molar-refractivity contribution in [1.82, 2.24) is 25.5 Å². The van der Waals surface area contributed by atoms with E-state index in [1.807, 2.05) is 18.2 Å². The molecule has 0 aliphatic heterocycles. The van der Waals surface area contributed by atoms with Crippen LogP contribution in [0.3, 0.4) is 0 Å². The molecule has 1 aromatic heterocycles. The van der Waals surface area contributed by atoms with Gasteiger partial charge >= 0.3 is 0 Å². The van der Waals surface area contributed by atoms with E-state index in [4.69, 9.17) is 44.7 Å². The molecule has 2 amide bonds. The van der Waals surface area contributed by atoms with E-state index in [9.17, 15) is 40.2 Å². The van der Waals surface area contributed by atoms with Gasteiger partial charge in [0.25, 0.3) is 5.91 Å². The molecule has 21 heteroatoms. The lowest BCUT2D eigenvalue weighted by Crippen LogP contribution is -2.45. The van der Waals surface area contributed by atoms with Crippen LogP contribution in [0.5, 0.6) is 0 Å². The quantitative estimate of drug-likeness (QED) is 0.0214. The van der Waals surface area contributed by atoms with E-state index in [1.165, 1.54) is 0 Å². The fourth-order valence-corrected chi connectivity index (χ4v) is 6.60. The summed E-state index contributed by atoms with van der Waals surface area (Å²) in [6.07, 6.45) is -4.56. The number of aliphatic hydroxyl groups is 8. The van der Waals surface area contributed by atoms with Crippen molar-refractivity contribution in [2.24, 2.45) is 16.5 Å². The number of aryl methyl sites for hydroxylation is 2. The molecule has 3 rings (SSSR count). The lowest BCUT2D eigenvalue weighted by molar-refractivity contribution is -0.120. The number of primary amides is 1. The second-order valence-electron chi connectivity index (χ2n) is 14.8. The van der Waals surface area contributed by atoms with Gasteiger partial charge in [0, 0.05) is 32.5 Å². The molecule has 7 atom stereocenters. The Morgan fingerprint density at radius 3 is 1.88 bits per heavy atom. The van der Waals surface area contributed by atoms with E-state index >= 15 is 0 Å². The number of unbranched alkanes of at least 4 members (excludes halogenated alkanes) is 1. The van der Waals surface area contributed by atoms with Gasteiger partial charge in [-0.3, -0.25) is 24.8 Å². The maximum absolute atomic E-state index is 12.4. The third-order valence-corrected chi connectivity index (χ3v) is 10.1. The van der Waals surface area contributed by atoms with Gasteiger partial charge in [0.2, 0.25) is 5.91 Å². The summed E-state index contributed by atoms with van der Waals surface area (Å²) in [5.74, 6) is -1.59. The smallest absolute Gasteiger partial charge is 0.280 e. The number of aliphatic hydroxyl groups excluding tert-OH is 8. The number of benzene rings is 2. The summed E-state index contributed by atoms with van der Waals surface area (Å²) in [5.41, 5.74) is 24.8. The molecule has 0 bridgehead atoms. The zero-order valence-electron chi connectivity index (χ0n) is 33.5. The summed E-state index contributed by atoms with van der Waals surface area (Å²) in [6.45, 7) is -0.369. The highest BCUT2D eigenvalue weighted by atomic mass is 35.5. The lowest BCUT2D eigenvalue weighted by Gasteiger charge is -2.30. The molecular formula is C39H61ClN10O10. The van der Waals surface area contributed by atoms with E-state index in [0.717, 1.165) is 34.7 Å². The molecule has 0 fully saturated rings. The maximum atomic E-state index is 12.4. The molecular weight excluding hydrogens is 804 g/mol. The molecule has 0 radical (unpaired) electrons. The molecule has 0 spiro atoms. The largest absolute Gasteiger partial charge is 0.394 e. The Bertz CT molecular complexity index is 1820. The topological polar surface area (TPSA) is 366 Å². The Labute approximate surface area is 353 Å². The van der Waals surface area contributed by atoms with Crippen LogP contribution < -0.4 is 33.6 Å². The zero-order valence-corrected chi connectivity index (χ0v) is 34.2. The van der Waals surface area contributed by atoms with Crippen LogP contribution in [0.25, 0.3) is 10.8 Å². The van der Waals surface area contributed by atoms with Crippen LogP contribution in [-0.4, -0.2) is 162 Å². The minimum absolute atomic E-state index is 0.0298. The van der Waals surface area contributed by atoms with Crippen LogP contribution in [0.1, 0.15) is 60.1 Å². The maximum Gasteiger partial charge on any atom is 0.280 e. The molecule has 334 valence electrons. The number of guanidine groups is 1. The number of carbonyl (C=O) groups is 2. The van der Waals surface area contributed by atoms with Crippen LogP contribution in [0.2, 0.25) is 5.15 Å². The van der Waals surface area contributed by atoms with E-state index in [1.54, 1.807) is 4.90 Å². The van der Waals surface area contributed by atoms with Crippen molar-refractivity contribution in [1.29, 1.82) is 0 Å². The molecule has 0 aliphatic carbocycles. The molecule has 20 nitrogen and oxygen atoms in total. The second kappa shape index (κ2) is 25.5. The van der Waals surface area contributed by atoms with Gasteiger partial charge in [-0.1, -0.05) is 48.0 Å². The van der Waals surface area contributed by atoms with Gasteiger partial charge in [-0.05, 0) is 73.5 Å². The number of aromatic nitrogens is 2. The van der Waals surface area contributed by atoms with Crippen LogP contribution in [-0.2, 0) is 17.6 Å². The first-order valence-corrected chi connectivity index (χ1v) is 20.1. The normalized spacial score (nSPS) is 15.7. The highest BCUT2D eigenvalue weighted by Crippen LogP contribution is 2.21. The highest BCUT2D eigenvalue weighted by Gasteiger charge is 2.25. The van der Waals surface area contributed by atoms with Crippen molar-refractivity contribution in [2.45, 2.75) is 94.0 Å². The average Bonchev–Trinajstić information content (AvgIpc) is 3.20. The van der Waals surface area contributed by atoms with E-state index in [-0.39, 0.29) is 54.4 Å². The Balaban J connectivity index is 1.47. The number of amides is 2. The Hall–Kier alpha value is -4.32. The predicted octanol–water partition coefficient (Wildman–Crippen LogP) is -2.49. The van der Waals surface area contributed by atoms with Gasteiger partial charge in [0.1, 0.15) is 12.2 Å². The van der Waals surface area contributed by atoms with Gasteiger partial charge in [-0.15, -0.1) is 0 Å². The Kier molecular flexibility index (Phi) is 21.2. The summed E-state index contributed by atoms with van der Waals surface area (Å²) in [5, 5.41) is 86.2. The minimum Gasteiger partial charge on any atom is -0.394 e. The highest BCUT2D eigenvalue weighted by molar-refractivity contribution is 6.31. The van der Waals surface area contributed by atoms with Crippen molar-refractivity contribution in [3.8, 4) is 0 Å². The molecule has 0 unspecified atom stereocenters. The Morgan fingerprint density at radius 1 is 0.767 bits per heavy atom. The van der Waals surface area contributed by atoms with E-state index in [2.05, 4.69) is 43.8 Å². The summed E-state index contributed by atoms with van der Waals surface area (Å²) in [4.78, 5) is 38.2. The van der Waals surface area contributed by atoms with Gasteiger partial charge < -0.3 is 69.1 Å². The van der Waals surface area contributed by atoms with Crippen LogP contribution in [0.4, 0.5) is 11.6 Å². The zero-order chi connectivity index (χ0) is 44.4. The summed E-state index contributed by atoms with van der Waals surface area (Å²) in [7, 11) is 0. The monoisotopic (exact) mass is 864 g/mol. The van der Waals surface area contributed by atoms with Crippen molar-refractivity contribution < 1.29 is 50.4 Å². The number of carbonyl (C=O) groups excluding carboxylic acids is 2. The minimum atomic E-state index is -1.43. The fourth-order valence-electron chi connectivity index (χ4n) is 6.47. The van der Waals surface area contributed by atoms with Crippen LogP contribution in [0, 0.1) is 0 Å². The number of fused-ring (bicyclic) bond motifs is 1. The molecule has 0 saturated heterocycles. The average molecular weight is 865 g/mol. The number of nitrogens with one attached hydrogen (secondary N) is 2. The first kappa shape index (κ1) is 50.0. The van der Waals surface area contributed by atoms with Gasteiger partial charge in [-0.2, -0.15) is 0 Å². The number of anilines is 2. The Morgan fingerprint density at radius 2 is 1.33 bits per heavy atom. The van der Waals surface area contributed by atoms with Gasteiger partial charge in [0.05, 0.1) is 43.7 Å². The van der Waals surface area contributed by atoms with E-state index < -0.39 is 67.7 Å². The third-order valence-electron chi connectivity index (χ3n) is 9.82. The summed E-state index contributed by atoms with van der Waals surface area (Å²) < 4.78 is 0. The first-order chi connectivity index (χ1) is 28.5. The third kappa shape index (κ3) is 17.0. The number of aliphatic imine (C=N–C) groups is 1. The van der Waals surface area contributed by atoms with Crippen LogP contribution >= 0.6 is 11.6 Å².